The molecule has 0 saturated carbocycles. The highest BCUT2D eigenvalue weighted by Crippen LogP contribution is 2.27. The van der Waals surface area contributed by atoms with E-state index in [2.05, 4.69) is 4.98 Å². The molecule has 3 atom stereocenters. The molecule has 1 amide bonds. The van der Waals surface area contributed by atoms with Gasteiger partial charge < -0.3 is 9.64 Å². The van der Waals surface area contributed by atoms with Crippen molar-refractivity contribution in [3.63, 3.8) is 0 Å². The Bertz CT molecular complexity index is 635. The molecule has 6 nitrogen and oxygen atoms in total. The van der Waals surface area contributed by atoms with Crippen LogP contribution in [0.25, 0.3) is 0 Å². The highest BCUT2D eigenvalue weighted by molar-refractivity contribution is 7.99. The molecule has 22 heavy (non-hydrogen) atoms. The second-order valence-electron chi connectivity index (χ2n) is 6.15. The van der Waals surface area contributed by atoms with E-state index < -0.39 is 0 Å². The summed E-state index contributed by atoms with van der Waals surface area (Å²) in [6.45, 7) is 7.40. The normalized spacial score (nSPS) is 28.3. The summed E-state index contributed by atoms with van der Waals surface area (Å²) in [5.74, 6) is 0.624. The summed E-state index contributed by atoms with van der Waals surface area (Å²) in [5, 5.41) is 0.711. The predicted molar refractivity (Wildman–Crippen MR) is 84.0 cm³/mol. The Morgan fingerprint density at radius 1 is 1.32 bits per heavy atom. The van der Waals surface area contributed by atoms with Crippen molar-refractivity contribution in [1.82, 2.24) is 14.5 Å². The van der Waals surface area contributed by atoms with Gasteiger partial charge in [-0.15, -0.1) is 0 Å². The Hall–Kier alpha value is -1.34. The average Bonchev–Trinajstić information content (AvgIpc) is 2.49. The molecule has 0 aliphatic carbocycles. The van der Waals surface area contributed by atoms with Crippen LogP contribution in [0.4, 0.5) is 0 Å². The van der Waals surface area contributed by atoms with E-state index in [0.717, 1.165) is 0 Å². The number of fused-ring (bicyclic) bond motifs is 1. The molecule has 120 valence electrons. The lowest BCUT2D eigenvalue weighted by Gasteiger charge is -2.38. The van der Waals surface area contributed by atoms with Gasteiger partial charge in [-0.3, -0.25) is 14.2 Å². The van der Waals surface area contributed by atoms with Crippen LogP contribution in [-0.2, 0) is 16.1 Å². The van der Waals surface area contributed by atoms with Gasteiger partial charge in [0.1, 0.15) is 0 Å². The van der Waals surface area contributed by atoms with Gasteiger partial charge in [0, 0.05) is 37.1 Å². The highest BCUT2D eigenvalue weighted by atomic mass is 32.2. The third-order valence-electron chi connectivity index (χ3n) is 4.08. The molecular weight excluding hydrogens is 302 g/mol. The number of morpholine rings is 1. The summed E-state index contributed by atoms with van der Waals surface area (Å²) >= 11 is 1.49. The van der Waals surface area contributed by atoms with Crippen LogP contribution >= 0.6 is 11.8 Å². The van der Waals surface area contributed by atoms with E-state index in [1.54, 1.807) is 17.7 Å². The van der Waals surface area contributed by atoms with Gasteiger partial charge in [-0.05, 0) is 20.8 Å². The standard InChI is InChI=1S/C15H21N3O3S/c1-9-4-16-15-18(13(9)19)7-12(8-22-15)14(20)17-5-10(2)21-11(3)6-17/h4,10-12H,5-8H2,1-3H3. The fourth-order valence-electron chi connectivity index (χ4n) is 3.07. The van der Waals surface area contributed by atoms with Crippen LogP contribution in [0.15, 0.2) is 16.1 Å². The molecule has 3 unspecified atom stereocenters. The fourth-order valence-corrected chi connectivity index (χ4v) is 4.11. The van der Waals surface area contributed by atoms with Crippen molar-refractivity contribution in [3.05, 3.63) is 22.1 Å². The lowest BCUT2D eigenvalue weighted by atomic mass is 10.1. The van der Waals surface area contributed by atoms with E-state index in [0.29, 0.717) is 36.1 Å². The van der Waals surface area contributed by atoms with Crippen LogP contribution in [0.1, 0.15) is 19.4 Å². The van der Waals surface area contributed by atoms with Gasteiger partial charge in [0.05, 0.1) is 18.1 Å². The molecule has 2 aliphatic rings. The van der Waals surface area contributed by atoms with E-state index in [4.69, 9.17) is 4.74 Å². The van der Waals surface area contributed by atoms with Crippen LogP contribution in [0.3, 0.4) is 0 Å². The van der Waals surface area contributed by atoms with Gasteiger partial charge >= 0.3 is 0 Å². The lowest BCUT2D eigenvalue weighted by molar-refractivity contribution is -0.147. The topological polar surface area (TPSA) is 64.4 Å². The minimum atomic E-state index is -0.170. The summed E-state index contributed by atoms with van der Waals surface area (Å²) in [7, 11) is 0. The number of hydrogen-bond acceptors (Lipinski definition) is 5. The molecule has 1 aromatic heterocycles. The zero-order chi connectivity index (χ0) is 15.9. The van der Waals surface area contributed by atoms with E-state index >= 15 is 0 Å². The average molecular weight is 323 g/mol. The smallest absolute Gasteiger partial charge is 0.257 e. The second-order valence-corrected chi connectivity index (χ2v) is 7.14. The number of carbonyl (C=O) groups is 1. The maximum absolute atomic E-state index is 12.8. The third kappa shape index (κ3) is 2.92. The summed E-state index contributed by atoms with van der Waals surface area (Å²) in [6.07, 6.45) is 1.72. The zero-order valence-corrected chi connectivity index (χ0v) is 13.9. The Morgan fingerprint density at radius 2 is 2.00 bits per heavy atom. The molecule has 1 fully saturated rings. The van der Waals surface area contributed by atoms with E-state index in [1.807, 2.05) is 18.7 Å². The van der Waals surface area contributed by atoms with Crippen molar-refractivity contribution in [2.45, 2.75) is 44.7 Å². The van der Waals surface area contributed by atoms with Gasteiger partial charge in [0.2, 0.25) is 5.91 Å². The SMILES string of the molecule is Cc1cnc2n(c1=O)CC(C(=O)N1CC(C)OC(C)C1)CS2. The molecule has 1 saturated heterocycles. The molecule has 0 radical (unpaired) electrons. The summed E-state index contributed by atoms with van der Waals surface area (Å²) in [5.41, 5.74) is 0.574. The number of carbonyl (C=O) groups excluding carboxylic acids is 1. The second kappa shape index (κ2) is 6.04. The van der Waals surface area contributed by atoms with Crippen LogP contribution in [0.2, 0.25) is 0 Å². The largest absolute Gasteiger partial charge is 0.372 e. The number of thioether (sulfide) groups is 1. The van der Waals surface area contributed by atoms with Crippen molar-refractivity contribution in [3.8, 4) is 0 Å². The van der Waals surface area contributed by atoms with Crippen LogP contribution in [0, 0.1) is 12.8 Å². The van der Waals surface area contributed by atoms with Gasteiger partial charge in [-0.25, -0.2) is 4.98 Å². The van der Waals surface area contributed by atoms with Crippen molar-refractivity contribution in [1.29, 1.82) is 0 Å². The summed E-state index contributed by atoms with van der Waals surface area (Å²) < 4.78 is 7.32. The van der Waals surface area contributed by atoms with Gasteiger partial charge in [0.25, 0.3) is 5.56 Å². The van der Waals surface area contributed by atoms with E-state index in [-0.39, 0.29) is 29.6 Å². The number of rotatable bonds is 1. The fraction of sp³-hybridized carbons (Fsp3) is 0.667. The monoisotopic (exact) mass is 323 g/mol. The maximum Gasteiger partial charge on any atom is 0.257 e. The van der Waals surface area contributed by atoms with E-state index in [1.165, 1.54) is 11.8 Å². The molecule has 7 heteroatoms. The Balaban J connectivity index is 1.78. The summed E-state index contributed by atoms with van der Waals surface area (Å²) in [4.78, 5) is 31.2. The molecular formula is C15H21N3O3S. The van der Waals surface area contributed by atoms with Gasteiger partial charge in [-0.1, -0.05) is 11.8 Å². The lowest BCUT2D eigenvalue weighted by Crippen LogP contribution is -2.51. The number of nitrogens with zero attached hydrogens (tertiary/aromatic N) is 3. The Morgan fingerprint density at radius 3 is 2.68 bits per heavy atom. The van der Waals surface area contributed by atoms with Crippen molar-refractivity contribution in [2.24, 2.45) is 5.92 Å². The first kappa shape index (κ1) is 15.6. The first-order valence-electron chi connectivity index (χ1n) is 7.59. The molecule has 3 rings (SSSR count). The van der Waals surface area contributed by atoms with Crippen molar-refractivity contribution in [2.75, 3.05) is 18.8 Å². The predicted octanol–water partition coefficient (Wildman–Crippen LogP) is 0.909. The number of amides is 1. The van der Waals surface area contributed by atoms with Gasteiger partial charge in [-0.2, -0.15) is 0 Å². The summed E-state index contributed by atoms with van der Waals surface area (Å²) in [6, 6.07) is 0. The Labute approximate surface area is 133 Å². The van der Waals surface area contributed by atoms with E-state index in [9.17, 15) is 9.59 Å². The third-order valence-corrected chi connectivity index (χ3v) is 5.23. The highest BCUT2D eigenvalue weighted by Gasteiger charge is 2.33. The minimum absolute atomic E-state index is 0.0429. The molecule has 1 aromatic rings. The first-order valence-corrected chi connectivity index (χ1v) is 8.57. The number of aryl methyl sites for hydroxylation is 1. The van der Waals surface area contributed by atoms with Gasteiger partial charge in [0.15, 0.2) is 5.16 Å². The zero-order valence-electron chi connectivity index (χ0n) is 13.1. The van der Waals surface area contributed by atoms with Crippen LogP contribution in [0.5, 0.6) is 0 Å². The van der Waals surface area contributed by atoms with Crippen LogP contribution < -0.4 is 5.56 Å². The molecule has 0 spiro atoms. The number of aromatic nitrogens is 2. The molecule has 3 heterocycles. The quantitative estimate of drug-likeness (QED) is 0.719. The molecule has 0 bridgehead atoms. The molecule has 2 aliphatic heterocycles. The van der Waals surface area contributed by atoms with Crippen molar-refractivity contribution < 1.29 is 9.53 Å². The maximum atomic E-state index is 12.8. The molecule has 0 aromatic carbocycles. The number of ether oxygens (including phenoxy) is 1. The number of hydrogen-bond donors (Lipinski definition) is 0. The first-order chi connectivity index (χ1) is 10.5. The van der Waals surface area contributed by atoms with Crippen LogP contribution in [-0.4, -0.2) is 51.4 Å². The Kier molecular flexibility index (Phi) is 4.27. The molecule has 0 N–H and O–H groups in total. The van der Waals surface area contributed by atoms with Crippen molar-refractivity contribution >= 4 is 17.7 Å². The minimum Gasteiger partial charge on any atom is -0.372 e.